The van der Waals surface area contributed by atoms with E-state index in [2.05, 4.69) is 15.6 Å². The molecule has 0 unspecified atom stereocenters. The zero-order chi connectivity index (χ0) is 16.9. The molecule has 1 aromatic heterocycles. The van der Waals surface area contributed by atoms with Crippen LogP contribution in [0.1, 0.15) is 18.0 Å². The quantitative estimate of drug-likeness (QED) is 0.860. The number of aromatic nitrogens is 1. The van der Waals surface area contributed by atoms with Gasteiger partial charge in [0.1, 0.15) is 5.01 Å². The number of carbonyl (C=O) groups is 2. The van der Waals surface area contributed by atoms with E-state index in [-0.39, 0.29) is 30.9 Å². The zero-order valence-electron chi connectivity index (χ0n) is 13.5. The third-order valence-corrected chi connectivity index (χ3v) is 4.94. The van der Waals surface area contributed by atoms with Crippen LogP contribution >= 0.6 is 11.3 Å². The van der Waals surface area contributed by atoms with Crippen LogP contribution in [-0.4, -0.2) is 47.9 Å². The summed E-state index contributed by atoms with van der Waals surface area (Å²) in [6, 6.07) is 10.00. The Kier molecular flexibility index (Phi) is 5.22. The number of thiazole rings is 1. The highest BCUT2D eigenvalue weighted by Gasteiger charge is 2.21. The third-order valence-electron chi connectivity index (χ3n) is 3.91. The van der Waals surface area contributed by atoms with Crippen LogP contribution in [0, 0.1) is 0 Å². The number of rotatable bonds is 5. The van der Waals surface area contributed by atoms with Gasteiger partial charge in [0.25, 0.3) is 0 Å². The molecule has 1 saturated heterocycles. The lowest BCUT2D eigenvalue weighted by Gasteiger charge is -2.27. The van der Waals surface area contributed by atoms with Crippen LogP contribution < -0.4 is 10.6 Å². The molecule has 1 fully saturated rings. The summed E-state index contributed by atoms with van der Waals surface area (Å²) < 4.78 is 0. The van der Waals surface area contributed by atoms with E-state index in [1.165, 1.54) is 0 Å². The number of nitrogens with one attached hydrogen (secondary N) is 2. The number of hydrogen-bond donors (Lipinski definition) is 2. The van der Waals surface area contributed by atoms with Crippen LogP contribution in [-0.2, 0) is 9.59 Å². The Hall–Kier alpha value is -2.25. The smallest absolute Gasteiger partial charge is 0.239 e. The lowest BCUT2D eigenvalue weighted by Crippen LogP contribution is -2.52. The minimum Gasteiger partial charge on any atom is -0.353 e. The van der Waals surface area contributed by atoms with Crippen LogP contribution in [0.5, 0.6) is 0 Å². The maximum atomic E-state index is 12.2. The van der Waals surface area contributed by atoms with Crippen LogP contribution in [0.25, 0.3) is 11.3 Å². The van der Waals surface area contributed by atoms with E-state index in [4.69, 9.17) is 0 Å². The summed E-state index contributed by atoms with van der Waals surface area (Å²) in [5.74, 6) is -0.161. The van der Waals surface area contributed by atoms with E-state index in [9.17, 15) is 9.59 Å². The van der Waals surface area contributed by atoms with Gasteiger partial charge in [-0.3, -0.25) is 14.9 Å². The van der Waals surface area contributed by atoms with Crippen LogP contribution in [0.4, 0.5) is 0 Å². The van der Waals surface area contributed by atoms with Crippen molar-refractivity contribution < 1.29 is 9.59 Å². The van der Waals surface area contributed by atoms with Crippen molar-refractivity contribution in [2.45, 2.75) is 13.0 Å². The maximum Gasteiger partial charge on any atom is 0.239 e. The SMILES string of the molecule is C[C@H](NCC(=O)N1CCNC(=O)C1)c1nc(-c2ccccc2)cs1. The summed E-state index contributed by atoms with van der Waals surface area (Å²) in [5, 5.41) is 8.88. The molecule has 2 amide bonds. The molecule has 1 aliphatic rings. The lowest BCUT2D eigenvalue weighted by molar-refractivity contribution is -0.137. The normalized spacial score (nSPS) is 15.9. The largest absolute Gasteiger partial charge is 0.353 e. The van der Waals surface area contributed by atoms with Gasteiger partial charge < -0.3 is 10.2 Å². The molecule has 0 aliphatic carbocycles. The van der Waals surface area contributed by atoms with Crippen LogP contribution in [0.2, 0.25) is 0 Å². The molecule has 2 N–H and O–H groups in total. The van der Waals surface area contributed by atoms with Gasteiger partial charge in [-0.05, 0) is 6.92 Å². The van der Waals surface area contributed by atoms with E-state index in [1.807, 2.05) is 42.6 Å². The second-order valence-corrected chi connectivity index (χ2v) is 6.59. The van der Waals surface area contributed by atoms with E-state index in [0.717, 1.165) is 16.3 Å². The Balaban J connectivity index is 1.55. The average Bonchev–Trinajstić information content (AvgIpc) is 3.10. The molecule has 2 heterocycles. The Labute approximate surface area is 144 Å². The fourth-order valence-corrected chi connectivity index (χ4v) is 3.38. The van der Waals surface area contributed by atoms with E-state index in [1.54, 1.807) is 16.2 Å². The van der Waals surface area contributed by atoms with Gasteiger partial charge in [-0.2, -0.15) is 0 Å². The Morgan fingerprint density at radius 2 is 2.21 bits per heavy atom. The molecule has 1 aliphatic heterocycles. The molecular formula is C17H20N4O2S. The number of hydrogen-bond acceptors (Lipinski definition) is 5. The van der Waals surface area contributed by atoms with Crippen LogP contribution in [0.15, 0.2) is 35.7 Å². The van der Waals surface area contributed by atoms with Gasteiger partial charge in [0.2, 0.25) is 11.8 Å². The van der Waals surface area contributed by atoms with Crippen molar-refractivity contribution >= 4 is 23.2 Å². The molecule has 2 aromatic rings. The number of nitrogens with zero attached hydrogens (tertiary/aromatic N) is 2. The first kappa shape index (κ1) is 16.6. The highest BCUT2D eigenvalue weighted by atomic mass is 32.1. The van der Waals surface area contributed by atoms with E-state index >= 15 is 0 Å². The first-order valence-corrected chi connectivity index (χ1v) is 8.80. The summed E-state index contributed by atoms with van der Waals surface area (Å²) in [7, 11) is 0. The molecule has 24 heavy (non-hydrogen) atoms. The van der Waals surface area contributed by atoms with Gasteiger partial charge in [-0.15, -0.1) is 11.3 Å². The number of carbonyl (C=O) groups excluding carboxylic acids is 2. The molecule has 1 atom stereocenters. The minimum absolute atomic E-state index is 0.0185. The summed E-state index contributed by atoms with van der Waals surface area (Å²) in [4.78, 5) is 29.7. The van der Waals surface area contributed by atoms with Gasteiger partial charge in [0.15, 0.2) is 0 Å². The van der Waals surface area contributed by atoms with Gasteiger partial charge in [0.05, 0.1) is 24.8 Å². The topological polar surface area (TPSA) is 74.3 Å². The summed E-state index contributed by atoms with van der Waals surface area (Å²) >= 11 is 1.58. The van der Waals surface area contributed by atoms with Crippen molar-refractivity contribution in [2.75, 3.05) is 26.2 Å². The Morgan fingerprint density at radius 3 is 2.96 bits per heavy atom. The highest BCUT2D eigenvalue weighted by molar-refractivity contribution is 7.10. The molecule has 3 rings (SSSR count). The molecule has 0 saturated carbocycles. The van der Waals surface area contributed by atoms with Crippen molar-refractivity contribution in [3.63, 3.8) is 0 Å². The highest BCUT2D eigenvalue weighted by Crippen LogP contribution is 2.25. The molecular weight excluding hydrogens is 324 g/mol. The molecule has 0 radical (unpaired) electrons. The van der Waals surface area contributed by atoms with E-state index < -0.39 is 0 Å². The fraction of sp³-hybridized carbons (Fsp3) is 0.353. The molecule has 0 spiro atoms. The predicted octanol–water partition coefficient (Wildman–Crippen LogP) is 1.42. The van der Waals surface area contributed by atoms with Crippen molar-refractivity contribution in [1.29, 1.82) is 0 Å². The van der Waals surface area contributed by atoms with Crippen molar-refractivity contribution in [3.8, 4) is 11.3 Å². The first-order valence-electron chi connectivity index (χ1n) is 7.92. The number of amides is 2. The molecule has 7 heteroatoms. The summed E-state index contributed by atoms with van der Waals surface area (Å²) in [5.41, 5.74) is 2.03. The van der Waals surface area contributed by atoms with Crippen molar-refractivity contribution in [2.24, 2.45) is 0 Å². The van der Waals surface area contributed by atoms with Crippen LogP contribution in [0.3, 0.4) is 0 Å². The first-order chi connectivity index (χ1) is 11.6. The lowest BCUT2D eigenvalue weighted by atomic mass is 10.2. The van der Waals surface area contributed by atoms with Gasteiger partial charge in [-0.25, -0.2) is 4.98 Å². The molecule has 1 aromatic carbocycles. The third kappa shape index (κ3) is 3.98. The summed E-state index contributed by atoms with van der Waals surface area (Å²) in [6.45, 7) is 3.42. The fourth-order valence-electron chi connectivity index (χ4n) is 2.52. The molecule has 0 bridgehead atoms. The van der Waals surface area contributed by atoms with Gasteiger partial charge in [-0.1, -0.05) is 30.3 Å². The Morgan fingerprint density at radius 1 is 1.42 bits per heavy atom. The second kappa shape index (κ2) is 7.55. The number of piperazine rings is 1. The second-order valence-electron chi connectivity index (χ2n) is 5.70. The van der Waals surface area contributed by atoms with E-state index in [0.29, 0.717) is 13.1 Å². The minimum atomic E-state index is -0.102. The van der Waals surface area contributed by atoms with Gasteiger partial charge >= 0.3 is 0 Å². The average molecular weight is 344 g/mol. The zero-order valence-corrected chi connectivity index (χ0v) is 14.3. The Bertz CT molecular complexity index is 716. The van der Waals surface area contributed by atoms with Crippen molar-refractivity contribution in [3.05, 3.63) is 40.7 Å². The molecule has 126 valence electrons. The standard InChI is InChI=1S/C17H20N4O2S/c1-12(19-9-16(23)21-8-7-18-15(22)10-21)17-20-14(11-24-17)13-5-3-2-4-6-13/h2-6,11-12,19H,7-10H2,1H3,(H,18,22)/t12-/m0/s1. The van der Waals surface area contributed by atoms with Gasteiger partial charge in [0, 0.05) is 24.0 Å². The maximum absolute atomic E-state index is 12.2. The van der Waals surface area contributed by atoms with Crippen molar-refractivity contribution in [1.82, 2.24) is 20.5 Å². The monoisotopic (exact) mass is 344 g/mol. The predicted molar refractivity (Wildman–Crippen MR) is 93.6 cm³/mol. The number of benzene rings is 1. The molecule has 6 nitrogen and oxygen atoms in total. The summed E-state index contributed by atoms with van der Waals surface area (Å²) in [6.07, 6.45) is 0.